The molecular weight excluding hydrogens is 687 g/mol. The normalized spacial score (nSPS) is 12.0. The second kappa shape index (κ2) is 11.3. The fourth-order valence-electron chi connectivity index (χ4n) is 9.23. The molecule has 0 aliphatic heterocycles. The molecule has 6 heteroatoms. The summed E-state index contributed by atoms with van der Waals surface area (Å²) in [6, 6.07) is 59.4. The number of hydrogen-bond donors (Lipinski definition) is 1. The van der Waals surface area contributed by atoms with E-state index in [1.807, 2.05) is 30.3 Å². The van der Waals surface area contributed by atoms with E-state index in [0.29, 0.717) is 11.1 Å². The summed E-state index contributed by atoms with van der Waals surface area (Å²) in [6.45, 7) is 0. The summed E-state index contributed by atoms with van der Waals surface area (Å²) in [7, 11) is 0. The zero-order valence-corrected chi connectivity index (χ0v) is 29.9. The van der Waals surface area contributed by atoms with Gasteiger partial charge in [-0.25, -0.2) is 0 Å². The summed E-state index contributed by atoms with van der Waals surface area (Å²) in [4.78, 5) is 0. The van der Waals surface area contributed by atoms with Crippen LogP contribution in [-0.2, 0) is 0 Å². The molecule has 8 aromatic carbocycles. The van der Waals surface area contributed by atoms with Gasteiger partial charge in [0.05, 0.1) is 55.4 Å². The Bertz CT molecular complexity index is 3640. The second-order valence-electron chi connectivity index (χ2n) is 14.4. The number of hydrogen-bond acceptors (Lipinski definition) is 3. The summed E-state index contributed by atoms with van der Waals surface area (Å²) < 4.78 is 13.3. The Balaban J connectivity index is 1.15. The van der Waals surface area contributed by atoms with Crippen LogP contribution < -0.4 is 0 Å². The highest BCUT2D eigenvalue weighted by molar-refractivity contribution is 6.24. The molecular formula is C50H29N5O. The lowest BCUT2D eigenvalue weighted by Crippen LogP contribution is -2.05. The molecule has 0 radical (unpaired) electrons. The molecule has 0 amide bonds. The SMILES string of the molecule is N#Cc1cc(C=N)c(-n2c3ccccc3c3c4oc5ccccc5c4ccc32)cc1-n1c2ccccc2c2cc(-n3c4ccccc4c4ccccc43)ccc21. The van der Waals surface area contributed by atoms with Crippen molar-refractivity contribution in [1.82, 2.24) is 13.7 Å². The van der Waals surface area contributed by atoms with Crippen LogP contribution in [0.2, 0.25) is 0 Å². The van der Waals surface area contributed by atoms with Crippen molar-refractivity contribution in [3.05, 3.63) is 175 Å². The van der Waals surface area contributed by atoms with Gasteiger partial charge < -0.3 is 23.5 Å². The maximum atomic E-state index is 10.7. The van der Waals surface area contributed by atoms with E-state index in [1.54, 1.807) is 0 Å². The maximum Gasteiger partial charge on any atom is 0.145 e. The zero-order valence-electron chi connectivity index (χ0n) is 29.9. The van der Waals surface area contributed by atoms with Gasteiger partial charge in [0.2, 0.25) is 0 Å². The van der Waals surface area contributed by atoms with Gasteiger partial charge in [-0.3, -0.25) is 0 Å². The van der Waals surface area contributed by atoms with Crippen molar-refractivity contribution in [3.8, 4) is 23.1 Å². The Morgan fingerprint density at radius 2 is 1.00 bits per heavy atom. The second-order valence-corrected chi connectivity index (χ2v) is 14.4. The van der Waals surface area contributed by atoms with Gasteiger partial charge in [-0.1, -0.05) is 91.0 Å². The summed E-state index contributed by atoms with van der Waals surface area (Å²) in [6.07, 6.45) is 1.35. The highest BCUT2D eigenvalue weighted by Crippen LogP contribution is 2.43. The average molecular weight is 716 g/mol. The molecule has 0 bridgehead atoms. The highest BCUT2D eigenvalue weighted by Gasteiger charge is 2.23. The molecule has 4 aromatic heterocycles. The summed E-state index contributed by atoms with van der Waals surface area (Å²) >= 11 is 0. The Kier molecular flexibility index (Phi) is 6.18. The monoisotopic (exact) mass is 715 g/mol. The van der Waals surface area contributed by atoms with Crippen LogP contribution in [0.25, 0.3) is 104 Å². The van der Waals surface area contributed by atoms with E-state index in [2.05, 4.69) is 153 Å². The van der Waals surface area contributed by atoms with Crippen LogP contribution in [0.5, 0.6) is 0 Å². The molecule has 0 aliphatic carbocycles. The summed E-state index contributed by atoms with van der Waals surface area (Å²) in [5.74, 6) is 0. The molecule has 12 rings (SSSR count). The molecule has 0 aliphatic rings. The first kappa shape index (κ1) is 30.6. The van der Waals surface area contributed by atoms with Gasteiger partial charge in [0.25, 0.3) is 0 Å². The fourth-order valence-corrected chi connectivity index (χ4v) is 9.23. The van der Waals surface area contributed by atoms with Crippen molar-refractivity contribution >= 4 is 93.6 Å². The van der Waals surface area contributed by atoms with Crippen molar-refractivity contribution in [2.24, 2.45) is 0 Å². The minimum Gasteiger partial charge on any atom is -0.455 e. The molecule has 0 unspecified atom stereocenters. The molecule has 0 saturated carbocycles. The lowest BCUT2D eigenvalue weighted by molar-refractivity contribution is 0.673. The van der Waals surface area contributed by atoms with Crippen LogP contribution in [0.1, 0.15) is 11.1 Å². The van der Waals surface area contributed by atoms with E-state index >= 15 is 0 Å². The van der Waals surface area contributed by atoms with E-state index < -0.39 is 0 Å². The van der Waals surface area contributed by atoms with Crippen LogP contribution in [-0.4, -0.2) is 19.9 Å². The van der Waals surface area contributed by atoms with E-state index in [1.165, 1.54) is 17.0 Å². The van der Waals surface area contributed by atoms with Crippen molar-refractivity contribution in [1.29, 1.82) is 10.7 Å². The third-order valence-corrected chi connectivity index (χ3v) is 11.6. The molecule has 6 nitrogen and oxygen atoms in total. The number of rotatable bonds is 4. The molecule has 0 atom stereocenters. The number of nitrogens with zero attached hydrogens (tertiary/aromatic N) is 4. The number of fused-ring (bicyclic) bond motifs is 13. The van der Waals surface area contributed by atoms with Crippen molar-refractivity contribution in [2.75, 3.05) is 0 Å². The van der Waals surface area contributed by atoms with Gasteiger partial charge in [0, 0.05) is 55.2 Å². The van der Waals surface area contributed by atoms with Gasteiger partial charge in [-0.2, -0.15) is 5.26 Å². The van der Waals surface area contributed by atoms with Gasteiger partial charge in [-0.15, -0.1) is 0 Å². The van der Waals surface area contributed by atoms with E-state index in [4.69, 9.17) is 9.83 Å². The Hall–Kier alpha value is -7.88. The van der Waals surface area contributed by atoms with Gasteiger partial charge in [0.15, 0.2) is 0 Å². The van der Waals surface area contributed by atoms with Gasteiger partial charge in [0.1, 0.15) is 17.2 Å². The molecule has 1 N–H and O–H groups in total. The van der Waals surface area contributed by atoms with Crippen LogP contribution in [0.3, 0.4) is 0 Å². The van der Waals surface area contributed by atoms with Crippen molar-refractivity contribution in [2.45, 2.75) is 0 Å². The van der Waals surface area contributed by atoms with Crippen molar-refractivity contribution < 1.29 is 4.42 Å². The van der Waals surface area contributed by atoms with Gasteiger partial charge in [-0.05, 0) is 72.8 Å². The van der Waals surface area contributed by atoms with E-state index in [-0.39, 0.29) is 0 Å². The number of furan rings is 1. The van der Waals surface area contributed by atoms with Crippen LogP contribution in [0.4, 0.5) is 0 Å². The minimum absolute atomic E-state index is 0.488. The summed E-state index contributed by atoms with van der Waals surface area (Å²) in [5, 5.41) is 28.2. The van der Waals surface area contributed by atoms with Crippen LogP contribution >= 0.6 is 0 Å². The molecule has 0 saturated heterocycles. The predicted octanol–water partition coefficient (Wildman–Crippen LogP) is 12.7. The molecule has 260 valence electrons. The number of para-hydroxylation sites is 5. The number of nitriles is 1. The zero-order chi connectivity index (χ0) is 37.1. The predicted molar refractivity (Wildman–Crippen MR) is 229 cm³/mol. The highest BCUT2D eigenvalue weighted by atomic mass is 16.3. The molecule has 12 aromatic rings. The Morgan fingerprint density at radius 3 is 1.68 bits per heavy atom. The minimum atomic E-state index is 0.488. The third-order valence-electron chi connectivity index (χ3n) is 11.6. The van der Waals surface area contributed by atoms with Crippen LogP contribution in [0.15, 0.2) is 168 Å². The molecule has 56 heavy (non-hydrogen) atoms. The first-order valence-corrected chi connectivity index (χ1v) is 18.7. The Labute approximate surface area is 319 Å². The van der Waals surface area contributed by atoms with E-state index in [0.717, 1.165) is 93.6 Å². The molecule has 0 fully saturated rings. The lowest BCUT2D eigenvalue weighted by atomic mass is 10.1. The number of nitrogens with one attached hydrogen (secondary N) is 1. The standard InChI is InChI=1S/C50H29N5O/c51-28-30-25-31(29-52)47(55-43-19-9-4-15-38(43)49-45(55)24-22-37-36-14-5-10-20-48(36)56-50(37)49)27-46(30)54-42-18-8-3-13-35(42)39-26-32(21-23-44(39)54)53-40-16-6-1-11-33(40)34-12-2-7-17-41(34)53/h1-27,29,52H. The Morgan fingerprint density at radius 1 is 0.464 bits per heavy atom. The fraction of sp³-hybridized carbons (Fsp3) is 0. The lowest BCUT2D eigenvalue weighted by Gasteiger charge is -2.17. The third kappa shape index (κ3) is 4.00. The van der Waals surface area contributed by atoms with Gasteiger partial charge >= 0.3 is 0 Å². The molecule has 4 heterocycles. The average Bonchev–Trinajstić information content (AvgIpc) is 3.99. The number of benzene rings is 8. The smallest absolute Gasteiger partial charge is 0.145 e. The van der Waals surface area contributed by atoms with E-state index in [9.17, 15) is 5.26 Å². The first-order valence-electron chi connectivity index (χ1n) is 18.7. The van der Waals surface area contributed by atoms with Crippen molar-refractivity contribution in [3.63, 3.8) is 0 Å². The maximum absolute atomic E-state index is 10.7. The largest absolute Gasteiger partial charge is 0.455 e. The number of aromatic nitrogens is 3. The quantitative estimate of drug-likeness (QED) is 0.184. The molecule has 0 spiro atoms. The topological polar surface area (TPSA) is 75.6 Å². The van der Waals surface area contributed by atoms with Crippen LogP contribution in [0, 0.1) is 16.7 Å². The summed E-state index contributed by atoms with van der Waals surface area (Å²) in [5.41, 5.74) is 11.7. The first-order chi connectivity index (χ1) is 27.7.